The molecule has 2 aliphatic heterocycles. The lowest BCUT2D eigenvalue weighted by atomic mass is 9.90. The third kappa shape index (κ3) is 11.0. The van der Waals surface area contributed by atoms with Crippen LogP contribution in [-0.4, -0.2) is 81.3 Å². The monoisotopic (exact) mass is 543 g/mol. The van der Waals surface area contributed by atoms with Gasteiger partial charge in [-0.15, -0.1) is 24.0 Å². The predicted octanol–water partition coefficient (Wildman–Crippen LogP) is 2.97. The second-order valence-electron chi connectivity index (χ2n) is 8.68. The van der Waals surface area contributed by atoms with Crippen molar-refractivity contribution < 1.29 is 4.74 Å². The van der Waals surface area contributed by atoms with E-state index >= 15 is 0 Å². The van der Waals surface area contributed by atoms with E-state index in [0.29, 0.717) is 5.96 Å². The fourth-order valence-electron chi connectivity index (χ4n) is 4.41. The first-order valence-electron chi connectivity index (χ1n) is 11.9. The molecule has 0 amide bonds. The summed E-state index contributed by atoms with van der Waals surface area (Å²) < 4.78 is 5.37. The van der Waals surface area contributed by atoms with Crippen molar-refractivity contribution in [2.75, 3.05) is 65.6 Å². The van der Waals surface area contributed by atoms with Gasteiger partial charge in [0.1, 0.15) is 0 Å². The van der Waals surface area contributed by atoms with Gasteiger partial charge in [0.2, 0.25) is 0 Å². The molecule has 31 heavy (non-hydrogen) atoms. The molecular formula is C24H42IN5O. The molecule has 0 radical (unpaired) electrons. The van der Waals surface area contributed by atoms with E-state index in [-0.39, 0.29) is 24.0 Å². The summed E-state index contributed by atoms with van der Waals surface area (Å²) in [5.41, 5.74) is 7.48. The van der Waals surface area contributed by atoms with Crippen LogP contribution < -0.4 is 11.1 Å². The van der Waals surface area contributed by atoms with Gasteiger partial charge in [-0.3, -0.25) is 9.89 Å². The first-order valence-corrected chi connectivity index (χ1v) is 11.9. The maximum absolute atomic E-state index is 5.99. The number of aliphatic imine (C=N–C) groups is 1. The highest BCUT2D eigenvalue weighted by Gasteiger charge is 2.18. The lowest BCUT2D eigenvalue weighted by Gasteiger charge is -2.32. The van der Waals surface area contributed by atoms with Crippen LogP contribution in [0.3, 0.4) is 0 Å². The van der Waals surface area contributed by atoms with Gasteiger partial charge in [-0.25, -0.2) is 0 Å². The summed E-state index contributed by atoms with van der Waals surface area (Å²) in [6.07, 6.45) is 7.33. The summed E-state index contributed by atoms with van der Waals surface area (Å²) in [6.45, 7) is 10.3. The van der Waals surface area contributed by atoms with Crippen molar-refractivity contribution in [3.05, 3.63) is 35.9 Å². The zero-order valence-electron chi connectivity index (χ0n) is 19.0. The number of halogens is 1. The van der Waals surface area contributed by atoms with Gasteiger partial charge < -0.3 is 20.7 Å². The zero-order chi connectivity index (χ0) is 20.9. The van der Waals surface area contributed by atoms with Gasteiger partial charge in [0.05, 0.1) is 13.2 Å². The molecule has 0 bridgehead atoms. The second-order valence-corrected chi connectivity index (χ2v) is 8.68. The summed E-state index contributed by atoms with van der Waals surface area (Å²) >= 11 is 0. The van der Waals surface area contributed by atoms with Crippen molar-refractivity contribution in [3.8, 4) is 0 Å². The molecule has 0 saturated carbocycles. The van der Waals surface area contributed by atoms with Crippen LogP contribution in [0.15, 0.2) is 35.3 Å². The molecule has 0 atom stereocenters. The summed E-state index contributed by atoms with van der Waals surface area (Å²) in [7, 11) is 0. The second kappa shape index (κ2) is 15.8. The largest absolute Gasteiger partial charge is 0.379 e. The number of ether oxygens (including phenoxy) is 1. The molecule has 0 unspecified atom stereocenters. The Balaban J connectivity index is 0.00000341. The third-order valence-electron chi connectivity index (χ3n) is 6.30. The number of hydrogen-bond donors (Lipinski definition) is 2. The van der Waals surface area contributed by atoms with Gasteiger partial charge in [-0.2, -0.15) is 0 Å². The summed E-state index contributed by atoms with van der Waals surface area (Å²) in [6, 6.07) is 10.9. The van der Waals surface area contributed by atoms with E-state index in [2.05, 4.69) is 50.4 Å². The normalized spacial score (nSPS) is 19.2. The predicted molar refractivity (Wildman–Crippen MR) is 140 cm³/mol. The van der Waals surface area contributed by atoms with Crippen LogP contribution in [0.1, 0.15) is 37.7 Å². The van der Waals surface area contributed by atoms with E-state index in [1.54, 1.807) is 0 Å². The Kier molecular flexibility index (Phi) is 13.5. The van der Waals surface area contributed by atoms with E-state index in [9.17, 15) is 0 Å². The summed E-state index contributed by atoms with van der Waals surface area (Å²) in [5.74, 6) is 1.45. The zero-order valence-corrected chi connectivity index (χ0v) is 21.3. The Labute approximate surface area is 206 Å². The van der Waals surface area contributed by atoms with Crippen LogP contribution in [0, 0.1) is 5.92 Å². The number of piperidine rings is 1. The Morgan fingerprint density at radius 2 is 1.65 bits per heavy atom. The minimum absolute atomic E-state index is 0. The van der Waals surface area contributed by atoms with E-state index in [1.807, 2.05) is 0 Å². The highest BCUT2D eigenvalue weighted by Crippen LogP contribution is 2.21. The molecule has 2 heterocycles. The first-order chi connectivity index (χ1) is 14.8. The van der Waals surface area contributed by atoms with Crippen LogP contribution in [0.5, 0.6) is 0 Å². The Bertz CT molecular complexity index is 601. The first kappa shape index (κ1) is 26.4. The number of nitrogens with two attached hydrogens (primary N) is 1. The molecule has 3 N–H and O–H groups in total. The van der Waals surface area contributed by atoms with Crippen LogP contribution in [0.4, 0.5) is 0 Å². The molecule has 0 aromatic heterocycles. The van der Waals surface area contributed by atoms with Gasteiger partial charge >= 0.3 is 0 Å². The minimum atomic E-state index is 0. The van der Waals surface area contributed by atoms with Gasteiger partial charge in [-0.05, 0) is 69.6 Å². The third-order valence-corrected chi connectivity index (χ3v) is 6.30. The molecule has 176 valence electrons. The number of benzene rings is 1. The number of nitrogens with zero attached hydrogens (tertiary/aromatic N) is 3. The maximum atomic E-state index is 5.99. The average Bonchev–Trinajstić information content (AvgIpc) is 2.79. The van der Waals surface area contributed by atoms with Gasteiger partial charge in [-0.1, -0.05) is 30.3 Å². The molecule has 3 rings (SSSR count). The van der Waals surface area contributed by atoms with E-state index in [4.69, 9.17) is 10.5 Å². The topological polar surface area (TPSA) is 66.1 Å². The van der Waals surface area contributed by atoms with E-state index in [0.717, 1.165) is 64.7 Å². The quantitative estimate of drug-likeness (QED) is 0.195. The number of hydrogen-bond acceptors (Lipinski definition) is 4. The summed E-state index contributed by atoms with van der Waals surface area (Å²) in [4.78, 5) is 9.52. The SMILES string of the molecule is I.NC(=NCCCN1CCOCC1)NCCCCN1CCC(Cc2ccccc2)CC1. The lowest BCUT2D eigenvalue weighted by Crippen LogP contribution is -2.37. The van der Waals surface area contributed by atoms with Crippen molar-refractivity contribution in [3.63, 3.8) is 0 Å². The van der Waals surface area contributed by atoms with E-state index < -0.39 is 0 Å². The van der Waals surface area contributed by atoms with E-state index in [1.165, 1.54) is 50.9 Å². The molecule has 0 spiro atoms. The molecule has 1 aromatic rings. The molecule has 0 aliphatic carbocycles. The van der Waals surface area contributed by atoms with Crippen LogP contribution in [-0.2, 0) is 11.2 Å². The van der Waals surface area contributed by atoms with Gasteiger partial charge in [0.25, 0.3) is 0 Å². The Hall–Kier alpha value is -0.900. The fourth-order valence-corrected chi connectivity index (χ4v) is 4.41. The molecule has 7 heteroatoms. The molecule has 2 saturated heterocycles. The lowest BCUT2D eigenvalue weighted by molar-refractivity contribution is 0.0377. The van der Waals surface area contributed by atoms with Crippen molar-refractivity contribution in [1.82, 2.24) is 15.1 Å². The highest BCUT2D eigenvalue weighted by atomic mass is 127. The van der Waals surface area contributed by atoms with Crippen molar-refractivity contribution in [2.45, 2.75) is 38.5 Å². The molecule has 2 fully saturated rings. The molecule has 6 nitrogen and oxygen atoms in total. The molecular weight excluding hydrogens is 501 g/mol. The number of likely N-dealkylation sites (tertiary alicyclic amines) is 1. The van der Waals surface area contributed by atoms with Crippen LogP contribution >= 0.6 is 24.0 Å². The van der Waals surface area contributed by atoms with Gasteiger partial charge in [0.15, 0.2) is 5.96 Å². The summed E-state index contributed by atoms with van der Waals surface area (Å²) in [5, 5.41) is 3.27. The fraction of sp³-hybridized carbons (Fsp3) is 0.708. The molecule has 2 aliphatic rings. The standard InChI is InChI=1S/C24H41N5O.HI/c25-24(27-12-6-14-29-17-19-30-20-18-29)26-11-4-5-13-28-15-9-23(10-16-28)21-22-7-2-1-3-8-22;/h1-3,7-8,23H,4-6,9-21H2,(H3,25,26,27);1H. The van der Waals surface area contributed by atoms with Crippen molar-refractivity contribution >= 4 is 29.9 Å². The number of rotatable bonds is 11. The highest BCUT2D eigenvalue weighted by molar-refractivity contribution is 14.0. The van der Waals surface area contributed by atoms with Crippen molar-refractivity contribution in [1.29, 1.82) is 0 Å². The number of unbranched alkanes of at least 4 members (excludes halogenated alkanes) is 1. The Morgan fingerprint density at radius 3 is 2.39 bits per heavy atom. The van der Waals surface area contributed by atoms with Crippen LogP contribution in [0.25, 0.3) is 0 Å². The number of nitrogens with one attached hydrogen (secondary N) is 1. The minimum Gasteiger partial charge on any atom is -0.379 e. The molecule has 1 aromatic carbocycles. The van der Waals surface area contributed by atoms with Gasteiger partial charge in [0, 0.05) is 32.7 Å². The van der Waals surface area contributed by atoms with Crippen LogP contribution in [0.2, 0.25) is 0 Å². The smallest absolute Gasteiger partial charge is 0.188 e. The van der Waals surface area contributed by atoms with Crippen molar-refractivity contribution in [2.24, 2.45) is 16.6 Å². The maximum Gasteiger partial charge on any atom is 0.188 e. The number of guanidine groups is 1. The average molecular weight is 544 g/mol. The Morgan fingerprint density at radius 1 is 0.968 bits per heavy atom. The number of morpholine rings is 1.